The highest BCUT2D eigenvalue weighted by molar-refractivity contribution is 5.81. The minimum Gasteiger partial charge on any atom is -0.480 e. The Morgan fingerprint density at radius 2 is 1.93 bits per heavy atom. The summed E-state index contributed by atoms with van der Waals surface area (Å²) in [5.74, 6) is -1.14. The highest BCUT2D eigenvalue weighted by atomic mass is 16.4. The van der Waals surface area contributed by atoms with Crippen LogP contribution in [0, 0.1) is 0 Å². The zero-order chi connectivity index (χ0) is 11.9. The second-order valence-electron chi connectivity index (χ2n) is 3.99. The molecule has 0 heterocycles. The molecule has 0 aliphatic rings. The van der Waals surface area contributed by atoms with E-state index >= 15 is 0 Å². The summed E-state index contributed by atoms with van der Waals surface area (Å²) in [5.41, 5.74) is -1.07. The topological polar surface area (TPSA) is 78.4 Å². The molecule has 3 N–H and O–H groups in total. The van der Waals surface area contributed by atoms with Gasteiger partial charge in [0, 0.05) is 6.54 Å². The maximum Gasteiger partial charge on any atom is 0.323 e. The Hall–Kier alpha value is -1.10. The van der Waals surface area contributed by atoms with Crippen LogP contribution in [0.1, 0.15) is 33.6 Å². The molecule has 0 aliphatic carbocycles. The molecule has 88 valence electrons. The third-order valence-electron chi connectivity index (χ3n) is 2.08. The summed E-state index contributed by atoms with van der Waals surface area (Å²) in [5, 5.41) is 14.1. The first-order valence-electron chi connectivity index (χ1n) is 5.15. The van der Waals surface area contributed by atoms with E-state index in [0.29, 0.717) is 6.54 Å². The molecule has 0 aromatic carbocycles. The van der Waals surface area contributed by atoms with Gasteiger partial charge in [-0.25, -0.2) is 0 Å². The van der Waals surface area contributed by atoms with Crippen LogP contribution in [-0.4, -0.2) is 35.6 Å². The molecule has 0 atom stereocenters. The molecule has 0 saturated heterocycles. The van der Waals surface area contributed by atoms with Gasteiger partial charge in [-0.1, -0.05) is 13.3 Å². The Kier molecular flexibility index (Phi) is 5.93. The molecular weight excluding hydrogens is 196 g/mol. The van der Waals surface area contributed by atoms with Crippen molar-refractivity contribution in [1.29, 1.82) is 0 Å². The summed E-state index contributed by atoms with van der Waals surface area (Å²) in [7, 11) is 0. The van der Waals surface area contributed by atoms with Crippen molar-refractivity contribution in [2.75, 3.05) is 13.1 Å². The number of amides is 1. The van der Waals surface area contributed by atoms with Gasteiger partial charge in [-0.3, -0.25) is 14.9 Å². The number of carbonyl (C=O) groups is 2. The predicted molar refractivity (Wildman–Crippen MR) is 57.6 cm³/mol. The van der Waals surface area contributed by atoms with E-state index in [2.05, 4.69) is 10.6 Å². The average Bonchev–Trinajstić information content (AvgIpc) is 2.15. The third kappa shape index (κ3) is 6.06. The highest BCUT2D eigenvalue weighted by Crippen LogP contribution is 2.00. The van der Waals surface area contributed by atoms with Gasteiger partial charge in [-0.15, -0.1) is 0 Å². The van der Waals surface area contributed by atoms with Gasteiger partial charge in [0.15, 0.2) is 0 Å². The lowest BCUT2D eigenvalue weighted by molar-refractivity contribution is -0.143. The molecule has 0 saturated carbocycles. The summed E-state index contributed by atoms with van der Waals surface area (Å²) in [6, 6.07) is 0. The van der Waals surface area contributed by atoms with Gasteiger partial charge < -0.3 is 10.4 Å². The van der Waals surface area contributed by atoms with E-state index < -0.39 is 11.5 Å². The van der Waals surface area contributed by atoms with Gasteiger partial charge in [0.1, 0.15) is 5.54 Å². The number of hydrogen-bond acceptors (Lipinski definition) is 3. The van der Waals surface area contributed by atoms with Crippen LogP contribution in [-0.2, 0) is 9.59 Å². The Balaban J connectivity index is 3.75. The number of nitrogens with one attached hydrogen (secondary N) is 2. The molecule has 0 radical (unpaired) electrons. The van der Waals surface area contributed by atoms with Crippen molar-refractivity contribution in [3.8, 4) is 0 Å². The molecule has 0 unspecified atom stereocenters. The zero-order valence-electron chi connectivity index (χ0n) is 9.59. The lowest BCUT2D eigenvalue weighted by atomic mass is 10.1. The van der Waals surface area contributed by atoms with Crippen LogP contribution in [0.25, 0.3) is 0 Å². The Bertz CT molecular complexity index is 227. The van der Waals surface area contributed by atoms with E-state index in [4.69, 9.17) is 5.11 Å². The molecule has 0 bridgehead atoms. The fourth-order valence-electron chi connectivity index (χ4n) is 0.844. The van der Waals surface area contributed by atoms with E-state index in [1.807, 2.05) is 6.92 Å². The number of carboxylic acid groups (broad SMARTS) is 1. The molecule has 15 heavy (non-hydrogen) atoms. The summed E-state index contributed by atoms with van der Waals surface area (Å²) < 4.78 is 0. The van der Waals surface area contributed by atoms with Gasteiger partial charge in [0.25, 0.3) is 0 Å². The van der Waals surface area contributed by atoms with Crippen LogP contribution in [0.15, 0.2) is 0 Å². The molecule has 0 fully saturated rings. The Labute approximate surface area is 90.2 Å². The second-order valence-corrected chi connectivity index (χ2v) is 3.99. The minimum atomic E-state index is -1.07. The van der Waals surface area contributed by atoms with Crippen LogP contribution >= 0.6 is 0 Å². The zero-order valence-corrected chi connectivity index (χ0v) is 9.59. The average molecular weight is 216 g/mol. The lowest BCUT2D eigenvalue weighted by Gasteiger charge is -2.20. The Morgan fingerprint density at radius 1 is 1.33 bits per heavy atom. The van der Waals surface area contributed by atoms with Gasteiger partial charge in [0.2, 0.25) is 5.91 Å². The first kappa shape index (κ1) is 13.9. The van der Waals surface area contributed by atoms with Crippen molar-refractivity contribution < 1.29 is 14.7 Å². The SMILES string of the molecule is CCCCNC(=O)CNC(C)(C)C(=O)O. The number of carbonyl (C=O) groups excluding carboxylic acids is 1. The van der Waals surface area contributed by atoms with Gasteiger partial charge in [-0.05, 0) is 20.3 Å². The van der Waals surface area contributed by atoms with Crippen molar-refractivity contribution in [2.24, 2.45) is 0 Å². The smallest absolute Gasteiger partial charge is 0.323 e. The van der Waals surface area contributed by atoms with E-state index in [1.165, 1.54) is 13.8 Å². The molecule has 5 nitrogen and oxygen atoms in total. The molecule has 0 aliphatic heterocycles. The molecule has 0 aromatic heterocycles. The Morgan fingerprint density at radius 3 is 2.40 bits per heavy atom. The largest absolute Gasteiger partial charge is 0.480 e. The van der Waals surface area contributed by atoms with Crippen LogP contribution in [0.5, 0.6) is 0 Å². The molecule has 1 amide bonds. The molecular formula is C10H20N2O3. The summed E-state index contributed by atoms with van der Waals surface area (Å²) in [6.07, 6.45) is 1.96. The van der Waals surface area contributed by atoms with Crippen LogP contribution in [0.3, 0.4) is 0 Å². The van der Waals surface area contributed by atoms with Crippen molar-refractivity contribution in [2.45, 2.75) is 39.2 Å². The maximum atomic E-state index is 11.2. The van der Waals surface area contributed by atoms with E-state index in [0.717, 1.165) is 12.8 Å². The fourth-order valence-corrected chi connectivity index (χ4v) is 0.844. The summed E-state index contributed by atoms with van der Waals surface area (Å²) >= 11 is 0. The van der Waals surface area contributed by atoms with Crippen LogP contribution < -0.4 is 10.6 Å². The summed E-state index contributed by atoms with van der Waals surface area (Å²) in [4.78, 5) is 21.9. The van der Waals surface area contributed by atoms with E-state index in [-0.39, 0.29) is 12.5 Å². The molecule has 0 rings (SSSR count). The number of hydrogen-bond donors (Lipinski definition) is 3. The highest BCUT2D eigenvalue weighted by Gasteiger charge is 2.26. The molecule has 0 aromatic rings. The maximum absolute atomic E-state index is 11.2. The fraction of sp³-hybridized carbons (Fsp3) is 0.800. The third-order valence-corrected chi connectivity index (χ3v) is 2.08. The number of unbranched alkanes of at least 4 members (excludes halogenated alkanes) is 1. The second kappa shape index (κ2) is 6.40. The molecule has 0 spiro atoms. The van der Waals surface area contributed by atoms with Crippen molar-refractivity contribution in [1.82, 2.24) is 10.6 Å². The van der Waals surface area contributed by atoms with Crippen LogP contribution in [0.4, 0.5) is 0 Å². The van der Waals surface area contributed by atoms with Gasteiger partial charge >= 0.3 is 5.97 Å². The van der Waals surface area contributed by atoms with E-state index in [9.17, 15) is 9.59 Å². The lowest BCUT2D eigenvalue weighted by Crippen LogP contribution is -2.50. The summed E-state index contributed by atoms with van der Waals surface area (Å²) in [6.45, 7) is 5.76. The number of rotatable bonds is 7. The van der Waals surface area contributed by atoms with Gasteiger partial charge in [0.05, 0.1) is 6.54 Å². The molecule has 5 heteroatoms. The van der Waals surface area contributed by atoms with Crippen molar-refractivity contribution in [3.05, 3.63) is 0 Å². The predicted octanol–water partition coefficient (Wildman–Crippen LogP) is 0.355. The quantitative estimate of drug-likeness (QED) is 0.537. The monoisotopic (exact) mass is 216 g/mol. The van der Waals surface area contributed by atoms with Crippen molar-refractivity contribution >= 4 is 11.9 Å². The van der Waals surface area contributed by atoms with Crippen molar-refractivity contribution in [3.63, 3.8) is 0 Å². The standard InChI is InChI=1S/C10H20N2O3/c1-4-5-6-11-8(13)7-12-10(2,3)9(14)15/h12H,4-7H2,1-3H3,(H,11,13)(H,14,15). The van der Waals surface area contributed by atoms with Crippen LogP contribution in [0.2, 0.25) is 0 Å². The first-order valence-corrected chi connectivity index (χ1v) is 5.15. The van der Waals surface area contributed by atoms with E-state index in [1.54, 1.807) is 0 Å². The first-order chi connectivity index (χ1) is 6.90. The normalized spacial score (nSPS) is 11.1. The minimum absolute atomic E-state index is 0.0308. The number of carboxylic acids is 1. The number of aliphatic carboxylic acids is 1. The van der Waals surface area contributed by atoms with Gasteiger partial charge in [-0.2, -0.15) is 0 Å².